The van der Waals surface area contributed by atoms with Crippen molar-refractivity contribution in [3.05, 3.63) is 29.8 Å². The van der Waals surface area contributed by atoms with Gasteiger partial charge in [-0.2, -0.15) is 0 Å². The van der Waals surface area contributed by atoms with E-state index in [2.05, 4.69) is 5.32 Å². The van der Waals surface area contributed by atoms with Crippen LogP contribution in [0.1, 0.15) is 32.8 Å². The van der Waals surface area contributed by atoms with Gasteiger partial charge in [-0.3, -0.25) is 0 Å². The van der Waals surface area contributed by atoms with E-state index >= 15 is 0 Å². The topological polar surface area (TPSA) is 49.4 Å². The summed E-state index contributed by atoms with van der Waals surface area (Å²) in [6.07, 6.45) is 0.808. The van der Waals surface area contributed by atoms with Crippen molar-refractivity contribution >= 4 is 10.0 Å². The van der Waals surface area contributed by atoms with Gasteiger partial charge in [0.15, 0.2) is 0 Å². The van der Waals surface area contributed by atoms with E-state index in [1.54, 1.807) is 19.2 Å². The maximum absolute atomic E-state index is 12.5. The first-order valence-electron chi connectivity index (χ1n) is 6.67. The SMILES string of the molecule is CCCN(C)S(=O)(=O)c1ccccc1CNC(C)C. The van der Waals surface area contributed by atoms with Crippen molar-refractivity contribution in [1.82, 2.24) is 9.62 Å². The van der Waals surface area contributed by atoms with E-state index in [0.29, 0.717) is 24.0 Å². The normalized spacial score (nSPS) is 12.3. The van der Waals surface area contributed by atoms with Gasteiger partial charge in [-0.15, -0.1) is 0 Å². The second-order valence-corrected chi connectivity index (χ2v) is 6.98. The molecule has 4 nitrogen and oxygen atoms in total. The van der Waals surface area contributed by atoms with Crippen molar-refractivity contribution in [2.24, 2.45) is 0 Å². The Morgan fingerprint density at radius 2 is 1.89 bits per heavy atom. The molecule has 0 radical (unpaired) electrons. The molecule has 0 atom stereocenters. The summed E-state index contributed by atoms with van der Waals surface area (Å²) < 4.78 is 26.4. The average molecular weight is 284 g/mol. The minimum Gasteiger partial charge on any atom is -0.310 e. The Morgan fingerprint density at radius 1 is 1.26 bits per heavy atom. The predicted octanol–water partition coefficient (Wildman–Crippen LogP) is 2.22. The fourth-order valence-electron chi connectivity index (χ4n) is 1.82. The third-order valence-corrected chi connectivity index (χ3v) is 4.86. The predicted molar refractivity (Wildman–Crippen MR) is 78.5 cm³/mol. The number of rotatable bonds is 7. The van der Waals surface area contributed by atoms with Gasteiger partial charge in [0, 0.05) is 26.2 Å². The zero-order valence-corrected chi connectivity index (χ0v) is 13.0. The summed E-state index contributed by atoms with van der Waals surface area (Å²) in [5, 5.41) is 3.26. The minimum absolute atomic E-state index is 0.323. The number of nitrogens with zero attached hydrogens (tertiary/aromatic N) is 1. The summed E-state index contributed by atoms with van der Waals surface area (Å²) >= 11 is 0. The van der Waals surface area contributed by atoms with Crippen molar-refractivity contribution < 1.29 is 8.42 Å². The third-order valence-electron chi connectivity index (χ3n) is 2.90. The van der Waals surface area contributed by atoms with E-state index in [1.807, 2.05) is 32.9 Å². The van der Waals surface area contributed by atoms with Crippen LogP contribution in [-0.4, -0.2) is 32.4 Å². The van der Waals surface area contributed by atoms with Gasteiger partial charge in [-0.1, -0.05) is 39.0 Å². The van der Waals surface area contributed by atoms with Gasteiger partial charge in [-0.25, -0.2) is 12.7 Å². The Labute approximate surface area is 116 Å². The van der Waals surface area contributed by atoms with E-state index in [4.69, 9.17) is 0 Å². The van der Waals surface area contributed by atoms with Crippen LogP contribution in [-0.2, 0) is 16.6 Å². The van der Waals surface area contributed by atoms with Crippen LogP contribution in [0.2, 0.25) is 0 Å². The minimum atomic E-state index is -3.39. The van der Waals surface area contributed by atoms with Gasteiger partial charge < -0.3 is 5.32 Å². The number of hydrogen-bond donors (Lipinski definition) is 1. The van der Waals surface area contributed by atoms with Crippen molar-refractivity contribution in [3.8, 4) is 0 Å². The van der Waals surface area contributed by atoms with Crippen LogP contribution >= 0.6 is 0 Å². The molecule has 0 saturated heterocycles. The Balaban J connectivity index is 3.05. The van der Waals surface area contributed by atoms with Crippen LogP contribution in [0.25, 0.3) is 0 Å². The van der Waals surface area contributed by atoms with Crippen LogP contribution in [0, 0.1) is 0 Å². The highest BCUT2D eigenvalue weighted by atomic mass is 32.2. The number of sulfonamides is 1. The van der Waals surface area contributed by atoms with Gasteiger partial charge in [0.05, 0.1) is 4.90 Å². The molecule has 5 heteroatoms. The van der Waals surface area contributed by atoms with E-state index in [-0.39, 0.29) is 0 Å². The third kappa shape index (κ3) is 4.30. The maximum Gasteiger partial charge on any atom is 0.243 e. The lowest BCUT2D eigenvalue weighted by Gasteiger charge is -2.19. The lowest BCUT2D eigenvalue weighted by atomic mass is 10.2. The summed E-state index contributed by atoms with van der Waals surface area (Å²) in [5.41, 5.74) is 0.819. The molecule has 108 valence electrons. The van der Waals surface area contributed by atoms with E-state index in [1.165, 1.54) is 4.31 Å². The van der Waals surface area contributed by atoms with Crippen molar-refractivity contribution in [2.75, 3.05) is 13.6 Å². The Kier molecular flexibility index (Phi) is 5.97. The molecule has 19 heavy (non-hydrogen) atoms. The molecule has 0 spiro atoms. The molecule has 1 aromatic rings. The molecule has 0 aliphatic carbocycles. The monoisotopic (exact) mass is 284 g/mol. The zero-order chi connectivity index (χ0) is 14.5. The first-order valence-corrected chi connectivity index (χ1v) is 8.11. The van der Waals surface area contributed by atoms with Crippen LogP contribution in [0.15, 0.2) is 29.2 Å². The smallest absolute Gasteiger partial charge is 0.243 e. The molecule has 0 heterocycles. The molecular formula is C14H24N2O2S. The molecule has 1 N–H and O–H groups in total. The highest BCUT2D eigenvalue weighted by Crippen LogP contribution is 2.19. The molecule has 0 aliphatic rings. The van der Waals surface area contributed by atoms with Crippen molar-refractivity contribution in [2.45, 2.75) is 44.7 Å². The largest absolute Gasteiger partial charge is 0.310 e. The second-order valence-electron chi connectivity index (χ2n) is 4.97. The average Bonchev–Trinajstić information content (AvgIpc) is 2.37. The lowest BCUT2D eigenvalue weighted by molar-refractivity contribution is 0.466. The van der Waals surface area contributed by atoms with Crippen LogP contribution in [0.4, 0.5) is 0 Å². The fourth-order valence-corrected chi connectivity index (χ4v) is 3.30. The Bertz CT molecular complexity index is 498. The van der Waals surface area contributed by atoms with Gasteiger partial charge >= 0.3 is 0 Å². The number of benzene rings is 1. The first kappa shape index (κ1) is 16.1. The molecular weight excluding hydrogens is 260 g/mol. The summed E-state index contributed by atoms with van der Waals surface area (Å²) in [6.45, 7) is 7.15. The summed E-state index contributed by atoms with van der Waals surface area (Å²) in [7, 11) is -1.76. The number of hydrogen-bond acceptors (Lipinski definition) is 3. The van der Waals surface area contributed by atoms with Gasteiger partial charge in [0.1, 0.15) is 0 Å². The van der Waals surface area contributed by atoms with E-state index in [9.17, 15) is 8.42 Å². The molecule has 0 aliphatic heterocycles. The van der Waals surface area contributed by atoms with Crippen LogP contribution in [0.5, 0.6) is 0 Å². The van der Waals surface area contributed by atoms with Gasteiger partial charge in [0.2, 0.25) is 10.0 Å². The van der Waals surface area contributed by atoms with Crippen LogP contribution < -0.4 is 5.32 Å². The Hall–Kier alpha value is -0.910. The Morgan fingerprint density at radius 3 is 2.47 bits per heavy atom. The van der Waals surface area contributed by atoms with Crippen molar-refractivity contribution in [3.63, 3.8) is 0 Å². The second kappa shape index (κ2) is 7.03. The lowest BCUT2D eigenvalue weighted by Crippen LogP contribution is -2.30. The highest BCUT2D eigenvalue weighted by molar-refractivity contribution is 7.89. The summed E-state index contributed by atoms with van der Waals surface area (Å²) in [6, 6.07) is 7.51. The van der Waals surface area contributed by atoms with Gasteiger partial charge in [-0.05, 0) is 18.1 Å². The summed E-state index contributed by atoms with van der Waals surface area (Å²) in [4.78, 5) is 0.402. The quantitative estimate of drug-likeness (QED) is 0.835. The zero-order valence-electron chi connectivity index (χ0n) is 12.2. The van der Waals surface area contributed by atoms with Crippen molar-refractivity contribution in [1.29, 1.82) is 0 Å². The summed E-state index contributed by atoms with van der Waals surface area (Å²) in [5.74, 6) is 0. The van der Waals surface area contributed by atoms with Crippen LogP contribution in [0.3, 0.4) is 0 Å². The van der Waals surface area contributed by atoms with Gasteiger partial charge in [0.25, 0.3) is 0 Å². The molecule has 0 bridgehead atoms. The van der Waals surface area contributed by atoms with E-state index in [0.717, 1.165) is 12.0 Å². The van der Waals surface area contributed by atoms with E-state index < -0.39 is 10.0 Å². The fraction of sp³-hybridized carbons (Fsp3) is 0.571. The molecule has 0 unspecified atom stereocenters. The number of nitrogens with one attached hydrogen (secondary N) is 1. The molecule has 0 saturated carbocycles. The highest BCUT2D eigenvalue weighted by Gasteiger charge is 2.22. The molecule has 1 aromatic carbocycles. The molecule has 0 amide bonds. The maximum atomic E-state index is 12.5. The molecule has 1 rings (SSSR count). The standard InChI is InChI=1S/C14H24N2O2S/c1-5-10-16(4)19(17,18)14-9-7-6-8-13(14)11-15-12(2)3/h6-9,12,15H,5,10-11H2,1-4H3. The molecule has 0 aromatic heterocycles. The molecule has 0 fully saturated rings. The first-order chi connectivity index (χ1) is 8.89.